The first-order valence-corrected chi connectivity index (χ1v) is 6.91. The average molecular weight is 285 g/mol. The molecule has 0 saturated heterocycles. The van der Waals surface area contributed by atoms with Gasteiger partial charge in [0.15, 0.2) is 0 Å². The van der Waals surface area contributed by atoms with Gasteiger partial charge in [0.2, 0.25) is 0 Å². The number of hydrogen-bond donors (Lipinski definition) is 0. The Morgan fingerprint density at radius 2 is 1.94 bits per heavy atom. The standard InChI is InChI=1S/C14H18BrF/c1-14(8-4-5-9-14)13(15)10-11-6-2-3-7-12(11)16/h2-3,6-7,13H,4-5,8-10H2,1H3. The summed E-state index contributed by atoms with van der Waals surface area (Å²) in [6.07, 6.45) is 5.95. The summed E-state index contributed by atoms with van der Waals surface area (Å²) >= 11 is 3.77. The monoisotopic (exact) mass is 284 g/mol. The van der Waals surface area contributed by atoms with Crippen LogP contribution >= 0.6 is 15.9 Å². The van der Waals surface area contributed by atoms with Gasteiger partial charge in [-0.2, -0.15) is 0 Å². The van der Waals surface area contributed by atoms with Crippen LogP contribution in [0.4, 0.5) is 4.39 Å². The molecule has 1 fully saturated rings. The molecule has 0 bridgehead atoms. The highest BCUT2D eigenvalue weighted by molar-refractivity contribution is 9.09. The van der Waals surface area contributed by atoms with Crippen molar-refractivity contribution in [3.05, 3.63) is 35.6 Å². The fourth-order valence-corrected chi connectivity index (χ4v) is 3.41. The smallest absolute Gasteiger partial charge is 0.126 e. The fourth-order valence-electron chi connectivity index (χ4n) is 2.60. The maximum Gasteiger partial charge on any atom is 0.126 e. The minimum absolute atomic E-state index is 0.0754. The number of halogens is 2. The first kappa shape index (κ1) is 12.1. The van der Waals surface area contributed by atoms with Gasteiger partial charge in [-0.15, -0.1) is 0 Å². The molecule has 0 aliphatic heterocycles. The molecule has 0 radical (unpaired) electrons. The van der Waals surface area contributed by atoms with E-state index in [0.717, 1.165) is 12.0 Å². The van der Waals surface area contributed by atoms with Crippen LogP contribution in [0.5, 0.6) is 0 Å². The fraction of sp³-hybridized carbons (Fsp3) is 0.571. The van der Waals surface area contributed by atoms with Gasteiger partial charge in [-0.25, -0.2) is 4.39 Å². The van der Waals surface area contributed by atoms with Gasteiger partial charge in [-0.3, -0.25) is 0 Å². The van der Waals surface area contributed by atoms with Gasteiger partial charge in [-0.1, -0.05) is 53.9 Å². The zero-order chi connectivity index (χ0) is 11.6. The summed E-state index contributed by atoms with van der Waals surface area (Å²) in [5.41, 5.74) is 1.18. The van der Waals surface area contributed by atoms with E-state index in [1.54, 1.807) is 12.1 Å². The van der Waals surface area contributed by atoms with E-state index in [9.17, 15) is 4.39 Å². The molecule has 0 aromatic heterocycles. The Hall–Kier alpha value is -0.370. The van der Waals surface area contributed by atoms with Gasteiger partial charge in [-0.05, 0) is 36.3 Å². The van der Waals surface area contributed by atoms with E-state index in [4.69, 9.17) is 0 Å². The van der Waals surface area contributed by atoms with E-state index >= 15 is 0 Å². The van der Waals surface area contributed by atoms with E-state index in [0.29, 0.717) is 10.2 Å². The largest absolute Gasteiger partial charge is 0.207 e. The molecular formula is C14H18BrF. The second-order valence-corrected chi connectivity index (χ2v) is 6.23. The summed E-state index contributed by atoms with van der Waals surface area (Å²) in [6.45, 7) is 2.32. The molecule has 0 N–H and O–H groups in total. The van der Waals surface area contributed by atoms with Crippen molar-refractivity contribution in [3.63, 3.8) is 0 Å². The molecule has 2 heteroatoms. The first-order chi connectivity index (χ1) is 7.62. The van der Waals surface area contributed by atoms with Crippen LogP contribution in [0.15, 0.2) is 24.3 Å². The van der Waals surface area contributed by atoms with Crippen LogP contribution in [0.2, 0.25) is 0 Å². The van der Waals surface area contributed by atoms with E-state index in [1.165, 1.54) is 25.7 Å². The van der Waals surface area contributed by atoms with E-state index in [2.05, 4.69) is 22.9 Å². The molecule has 1 saturated carbocycles. The predicted octanol–water partition coefficient (Wildman–Crippen LogP) is 4.71. The molecule has 0 spiro atoms. The highest BCUT2D eigenvalue weighted by Crippen LogP contribution is 2.44. The lowest BCUT2D eigenvalue weighted by Crippen LogP contribution is -2.26. The first-order valence-electron chi connectivity index (χ1n) is 5.99. The van der Waals surface area contributed by atoms with Crippen molar-refractivity contribution in [1.82, 2.24) is 0 Å². The lowest BCUT2D eigenvalue weighted by Gasteiger charge is -2.30. The quantitative estimate of drug-likeness (QED) is 0.705. The molecule has 1 unspecified atom stereocenters. The Balaban J connectivity index is 2.07. The van der Waals surface area contributed by atoms with E-state index < -0.39 is 0 Å². The van der Waals surface area contributed by atoms with Crippen molar-refractivity contribution in [2.45, 2.75) is 43.9 Å². The van der Waals surface area contributed by atoms with Gasteiger partial charge in [0.1, 0.15) is 5.82 Å². The number of alkyl halides is 1. The molecule has 1 aliphatic carbocycles. The normalized spacial score (nSPS) is 20.9. The Labute approximate surface area is 105 Å². The highest BCUT2D eigenvalue weighted by Gasteiger charge is 2.35. The molecule has 0 heterocycles. The van der Waals surface area contributed by atoms with Gasteiger partial charge in [0.05, 0.1) is 0 Å². The second kappa shape index (κ2) is 4.87. The maximum absolute atomic E-state index is 13.5. The maximum atomic E-state index is 13.5. The van der Waals surface area contributed by atoms with Gasteiger partial charge < -0.3 is 0 Å². The molecule has 1 aliphatic rings. The van der Waals surface area contributed by atoms with Gasteiger partial charge in [0, 0.05) is 4.83 Å². The van der Waals surface area contributed by atoms with Crippen LogP contribution in [-0.4, -0.2) is 4.83 Å². The molecule has 2 rings (SSSR count). The lowest BCUT2D eigenvalue weighted by molar-refractivity contribution is 0.324. The van der Waals surface area contributed by atoms with Crippen LogP contribution in [0, 0.1) is 11.2 Å². The third-order valence-corrected chi connectivity index (χ3v) is 5.29. The number of rotatable bonds is 3. The van der Waals surface area contributed by atoms with Crippen molar-refractivity contribution in [3.8, 4) is 0 Å². The molecule has 1 atom stereocenters. The van der Waals surface area contributed by atoms with Crippen molar-refractivity contribution in [1.29, 1.82) is 0 Å². The van der Waals surface area contributed by atoms with Crippen LogP contribution in [0.3, 0.4) is 0 Å². The van der Waals surface area contributed by atoms with Crippen molar-refractivity contribution >= 4 is 15.9 Å². The van der Waals surface area contributed by atoms with E-state index in [1.807, 2.05) is 12.1 Å². The highest BCUT2D eigenvalue weighted by atomic mass is 79.9. The Bertz CT molecular complexity index is 356. The summed E-state index contributed by atoms with van der Waals surface area (Å²) in [7, 11) is 0. The third-order valence-electron chi connectivity index (χ3n) is 3.86. The molecule has 0 nitrogen and oxygen atoms in total. The number of benzene rings is 1. The summed E-state index contributed by atoms with van der Waals surface area (Å²) in [6, 6.07) is 7.10. The average Bonchev–Trinajstić information content (AvgIpc) is 2.70. The van der Waals surface area contributed by atoms with Crippen LogP contribution in [0.1, 0.15) is 38.2 Å². The second-order valence-electron chi connectivity index (χ2n) is 5.12. The zero-order valence-corrected chi connectivity index (χ0v) is 11.3. The van der Waals surface area contributed by atoms with Crippen LogP contribution in [-0.2, 0) is 6.42 Å². The minimum atomic E-state index is -0.0754. The SMILES string of the molecule is CC1(C(Br)Cc2ccccc2F)CCCC1. The van der Waals surface area contributed by atoms with Crippen molar-refractivity contribution in [2.75, 3.05) is 0 Å². The molecule has 88 valence electrons. The Kier molecular flexibility index (Phi) is 3.68. The summed E-state index contributed by atoms with van der Waals surface area (Å²) in [4.78, 5) is 0.388. The Morgan fingerprint density at radius 1 is 1.31 bits per heavy atom. The molecule has 0 amide bonds. The summed E-state index contributed by atoms with van der Waals surface area (Å²) < 4.78 is 13.5. The van der Waals surface area contributed by atoms with E-state index in [-0.39, 0.29) is 5.82 Å². The van der Waals surface area contributed by atoms with Gasteiger partial charge in [0.25, 0.3) is 0 Å². The topological polar surface area (TPSA) is 0 Å². The Morgan fingerprint density at radius 3 is 2.56 bits per heavy atom. The van der Waals surface area contributed by atoms with Crippen molar-refractivity contribution < 1.29 is 4.39 Å². The predicted molar refractivity (Wildman–Crippen MR) is 69.4 cm³/mol. The lowest BCUT2D eigenvalue weighted by atomic mass is 9.82. The van der Waals surface area contributed by atoms with Crippen LogP contribution in [0.25, 0.3) is 0 Å². The summed E-state index contributed by atoms with van der Waals surface area (Å²) in [5.74, 6) is -0.0754. The minimum Gasteiger partial charge on any atom is -0.207 e. The zero-order valence-electron chi connectivity index (χ0n) is 9.68. The molecular weight excluding hydrogens is 267 g/mol. The van der Waals surface area contributed by atoms with Crippen LogP contribution < -0.4 is 0 Å². The van der Waals surface area contributed by atoms with Crippen molar-refractivity contribution in [2.24, 2.45) is 5.41 Å². The third kappa shape index (κ3) is 2.48. The molecule has 1 aromatic rings. The molecule has 16 heavy (non-hydrogen) atoms. The summed E-state index contributed by atoms with van der Waals surface area (Å²) in [5, 5.41) is 0. The van der Waals surface area contributed by atoms with Gasteiger partial charge >= 0.3 is 0 Å². The number of hydrogen-bond acceptors (Lipinski definition) is 0. The molecule has 1 aromatic carbocycles.